The molecule has 0 N–H and O–H groups in total. The van der Waals surface area contributed by atoms with Crippen molar-refractivity contribution < 1.29 is 4.42 Å². The van der Waals surface area contributed by atoms with Gasteiger partial charge in [0.2, 0.25) is 0 Å². The summed E-state index contributed by atoms with van der Waals surface area (Å²) in [5.74, 6) is 0. The number of para-hydroxylation sites is 1. The van der Waals surface area contributed by atoms with E-state index in [2.05, 4.69) is 166 Å². The summed E-state index contributed by atoms with van der Waals surface area (Å²) in [5.41, 5.74) is 12.2. The van der Waals surface area contributed by atoms with Gasteiger partial charge in [-0.2, -0.15) is 0 Å². The first-order valence-corrected chi connectivity index (χ1v) is 19.2. The molecular formula is C51H32OS. The zero-order chi connectivity index (χ0) is 35.0. The van der Waals surface area contributed by atoms with Crippen molar-refractivity contribution in [3.05, 3.63) is 169 Å². The van der Waals surface area contributed by atoms with E-state index in [1.54, 1.807) is 0 Å². The van der Waals surface area contributed by atoms with Crippen LogP contribution in [-0.4, -0.2) is 0 Å². The fourth-order valence-electron chi connectivity index (χ4n) is 9.74. The van der Waals surface area contributed by atoms with Gasteiger partial charge < -0.3 is 4.42 Å². The van der Waals surface area contributed by atoms with Crippen LogP contribution in [-0.2, 0) is 5.41 Å². The van der Waals surface area contributed by atoms with Gasteiger partial charge in [0.05, 0.1) is 0 Å². The minimum absolute atomic E-state index is 0.149. The number of hydrogen-bond acceptors (Lipinski definition) is 2. The van der Waals surface area contributed by atoms with E-state index in [1.165, 1.54) is 97.0 Å². The van der Waals surface area contributed by atoms with E-state index in [9.17, 15) is 0 Å². The highest BCUT2D eigenvalue weighted by atomic mass is 32.1. The molecule has 0 fully saturated rings. The van der Waals surface area contributed by atoms with Crippen LogP contribution in [0.15, 0.2) is 162 Å². The molecule has 12 rings (SSSR count). The molecule has 0 unspecified atom stereocenters. The summed E-state index contributed by atoms with van der Waals surface area (Å²) in [5, 5.41) is 12.8. The molecule has 1 aliphatic carbocycles. The number of thiophene rings is 1. The highest BCUT2D eigenvalue weighted by Gasteiger charge is 2.38. The predicted molar refractivity (Wildman–Crippen MR) is 228 cm³/mol. The largest absolute Gasteiger partial charge is 0.456 e. The van der Waals surface area contributed by atoms with Gasteiger partial charge in [-0.15, -0.1) is 11.3 Å². The lowest BCUT2D eigenvalue weighted by molar-refractivity contribution is 0.666. The summed E-state index contributed by atoms with van der Waals surface area (Å²) >= 11 is 1.90. The standard InChI is InChI=1S/C51H32OS/c1-51(2)41-24-20-30(27-39(41)37-23-19-29-22-26-45-49(48(29)50(37)51)38-16-8-10-18-44(38)53-45)46-33-12-3-5-14-35(33)47(36-15-6-4-13-34(36)46)31-21-25-43-40(28-31)32-11-7-9-17-42(32)52-43/h3-28H,1-2H3. The van der Waals surface area contributed by atoms with E-state index in [1.807, 2.05) is 17.4 Å². The van der Waals surface area contributed by atoms with Crippen molar-refractivity contribution in [2.24, 2.45) is 0 Å². The molecule has 11 aromatic rings. The van der Waals surface area contributed by atoms with Crippen molar-refractivity contribution in [3.8, 4) is 33.4 Å². The lowest BCUT2D eigenvalue weighted by Gasteiger charge is -2.24. The predicted octanol–water partition coefficient (Wildman–Crippen LogP) is 15.1. The van der Waals surface area contributed by atoms with E-state index >= 15 is 0 Å². The summed E-state index contributed by atoms with van der Waals surface area (Å²) in [6.45, 7) is 4.84. The maximum atomic E-state index is 6.23. The van der Waals surface area contributed by atoms with Crippen LogP contribution < -0.4 is 0 Å². The highest BCUT2D eigenvalue weighted by molar-refractivity contribution is 7.26. The summed E-state index contributed by atoms with van der Waals surface area (Å²) < 4.78 is 8.94. The normalized spacial score (nSPS) is 13.6. The Morgan fingerprint density at radius 2 is 1.02 bits per heavy atom. The lowest BCUT2D eigenvalue weighted by atomic mass is 9.79. The fraction of sp³-hybridized carbons (Fsp3) is 0.0588. The monoisotopic (exact) mass is 692 g/mol. The van der Waals surface area contributed by atoms with Gasteiger partial charge in [0.25, 0.3) is 0 Å². The molecule has 0 aliphatic heterocycles. The Kier molecular flexibility index (Phi) is 5.78. The van der Waals surface area contributed by atoms with Crippen LogP contribution in [0.3, 0.4) is 0 Å². The summed E-state index contributed by atoms with van der Waals surface area (Å²) in [6, 6.07) is 58.5. The van der Waals surface area contributed by atoms with E-state index in [0.29, 0.717) is 0 Å². The third-order valence-electron chi connectivity index (χ3n) is 12.0. The maximum absolute atomic E-state index is 6.23. The Hall–Kier alpha value is -6.22. The molecule has 0 atom stereocenters. The van der Waals surface area contributed by atoms with Crippen LogP contribution in [0, 0.1) is 0 Å². The molecule has 0 saturated carbocycles. The quantitative estimate of drug-likeness (QED) is 0.164. The summed E-state index contributed by atoms with van der Waals surface area (Å²) in [4.78, 5) is 0. The van der Waals surface area contributed by atoms with Gasteiger partial charge in [0.15, 0.2) is 0 Å². The number of rotatable bonds is 2. The third kappa shape index (κ3) is 3.91. The maximum Gasteiger partial charge on any atom is 0.135 e. The van der Waals surface area contributed by atoms with Gasteiger partial charge in [-0.25, -0.2) is 0 Å². The zero-order valence-corrected chi connectivity index (χ0v) is 30.1. The van der Waals surface area contributed by atoms with Crippen LogP contribution >= 0.6 is 11.3 Å². The molecule has 53 heavy (non-hydrogen) atoms. The Morgan fingerprint density at radius 1 is 0.434 bits per heavy atom. The molecule has 0 bridgehead atoms. The first-order valence-electron chi connectivity index (χ1n) is 18.4. The zero-order valence-electron chi connectivity index (χ0n) is 29.3. The van der Waals surface area contributed by atoms with Gasteiger partial charge in [-0.1, -0.05) is 135 Å². The number of hydrogen-bond donors (Lipinski definition) is 0. The topological polar surface area (TPSA) is 13.1 Å². The average molecular weight is 693 g/mol. The van der Waals surface area contributed by atoms with Gasteiger partial charge in [-0.05, 0) is 113 Å². The Balaban J connectivity index is 1.12. The fourth-order valence-corrected chi connectivity index (χ4v) is 10.9. The second-order valence-corrected chi connectivity index (χ2v) is 16.2. The van der Waals surface area contributed by atoms with E-state index in [0.717, 1.165) is 21.9 Å². The molecule has 0 spiro atoms. The third-order valence-corrected chi connectivity index (χ3v) is 13.2. The van der Waals surface area contributed by atoms with Crippen LogP contribution in [0.2, 0.25) is 0 Å². The average Bonchev–Trinajstić information content (AvgIpc) is 3.84. The van der Waals surface area contributed by atoms with Gasteiger partial charge in [0.1, 0.15) is 11.2 Å². The molecule has 0 saturated heterocycles. The number of benzene rings is 9. The minimum Gasteiger partial charge on any atom is -0.456 e. The first kappa shape index (κ1) is 29.4. The molecule has 2 heteroatoms. The Bertz CT molecular complexity index is 3320. The molecule has 248 valence electrons. The lowest BCUT2D eigenvalue weighted by Crippen LogP contribution is -2.15. The van der Waals surface area contributed by atoms with Crippen LogP contribution in [0.25, 0.3) is 108 Å². The van der Waals surface area contributed by atoms with Crippen molar-refractivity contribution in [3.63, 3.8) is 0 Å². The molecule has 0 amide bonds. The van der Waals surface area contributed by atoms with Gasteiger partial charge in [-0.3, -0.25) is 0 Å². The van der Waals surface area contributed by atoms with Crippen molar-refractivity contribution >= 4 is 85.8 Å². The number of furan rings is 1. The highest BCUT2D eigenvalue weighted by Crippen LogP contribution is 2.55. The smallest absolute Gasteiger partial charge is 0.135 e. The first-order chi connectivity index (χ1) is 26.0. The van der Waals surface area contributed by atoms with Crippen molar-refractivity contribution in [2.45, 2.75) is 19.3 Å². The molecule has 0 radical (unpaired) electrons. The van der Waals surface area contributed by atoms with E-state index in [-0.39, 0.29) is 5.41 Å². The molecule has 1 nitrogen and oxygen atoms in total. The SMILES string of the molecule is CC1(C)c2ccc(-c3c4ccccc4c(-c4ccc5oc6ccccc6c5c4)c4ccccc34)cc2-c2ccc3ccc4sc5ccccc5c4c3c21. The van der Waals surface area contributed by atoms with E-state index in [4.69, 9.17) is 4.42 Å². The van der Waals surface area contributed by atoms with Gasteiger partial charge in [0, 0.05) is 36.4 Å². The van der Waals surface area contributed by atoms with Crippen molar-refractivity contribution in [1.29, 1.82) is 0 Å². The van der Waals surface area contributed by atoms with Crippen LogP contribution in [0.5, 0.6) is 0 Å². The summed E-state index contributed by atoms with van der Waals surface area (Å²) in [7, 11) is 0. The second-order valence-electron chi connectivity index (χ2n) is 15.2. The summed E-state index contributed by atoms with van der Waals surface area (Å²) in [6.07, 6.45) is 0. The molecule has 2 heterocycles. The molecule has 9 aromatic carbocycles. The molecule has 1 aliphatic rings. The molecular weight excluding hydrogens is 661 g/mol. The van der Waals surface area contributed by atoms with Crippen molar-refractivity contribution in [2.75, 3.05) is 0 Å². The Morgan fingerprint density at radius 3 is 1.75 bits per heavy atom. The number of fused-ring (bicyclic) bond motifs is 14. The Labute approximate surface area is 310 Å². The second kappa shape index (κ2) is 10.4. The minimum atomic E-state index is -0.149. The van der Waals surface area contributed by atoms with E-state index < -0.39 is 0 Å². The molecule has 2 aromatic heterocycles. The van der Waals surface area contributed by atoms with Crippen molar-refractivity contribution in [1.82, 2.24) is 0 Å². The van der Waals surface area contributed by atoms with Crippen LogP contribution in [0.4, 0.5) is 0 Å². The van der Waals surface area contributed by atoms with Crippen LogP contribution in [0.1, 0.15) is 25.0 Å². The van der Waals surface area contributed by atoms with Gasteiger partial charge >= 0.3 is 0 Å².